The minimum absolute atomic E-state index is 0.0481. The van der Waals surface area contributed by atoms with E-state index in [9.17, 15) is 13.2 Å². The van der Waals surface area contributed by atoms with Gasteiger partial charge in [0, 0.05) is 18.6 Å². The van der Waals surface area contributed by atoms with Crippen LogP contribution in [0.3, 0.4) is 0 Å². The molecule has 0 aliphatic heterocycles. The molecule has 1 aliphatic carbocycles. The van der Waals surface area contributed by atoms with E-state index >= 15 is 0 Å². The number of rotatable bonds is 6. The fourth-order valence-corrected chi connectivity index (χ4v) is 3.00. The zero-order valence-electron chi connectivity index (χ0n) is 12.6. The maximum atomic E-state index is 12.4. The van der Waals surface area contributed by atoms with Crippen LogP contribution in [0.5, 0.6) is 0 Å². The molecule has 0 saturated carbocycles. The lowest BCUT2D eigenvalue weighted by molar-refractivity contribution is -0.138. The average Bonchev–Trinajstić information content (AvgIpc) is 2.80. The molecule has 1 aromatic carbocycles. The molecule has 2 atom stereocenters. The van der Waals surface area contributed by atoms with Crippen molar-refractivity contribution in [2.24, 2.45) is 0 Å². The van der Waals surface area contributed by atoms with Gasteiger partial charge in [0.1, 0.15) is 0 Å². The molecular weight excluding hydrogens is 277 g/mol. The lowest BCUT2D eigenvalue weighted by atomic mass is 10.1. The highest BCUT2D eigenvalue weighted by atomic mass is 19.4. The van der Waals surface area contributed by atoms with Gasteiger partial charge >= 0.3 is 6.18 Å². The molecule has 0 fully saturated rings. The second-order valence-electron chi connectivity index (χ2n) is 5.75. The van der Waals surface area contributed by atoms with Crippen molar-refractivity contribution in [1.82, 2.24) is 10.2 Å². The molecule has 0 radical (unpaired) electrons. The molecule has 1 N–H and O–H groups in total. The molecule has 2 rings (SSSR count). The van der Waals surface area contributed by atoms with Crippen LogP contribution < -0.4 is 5.32 Å². The van der Waals surface area contributed by atoms with E-state index in [4.69, 9.17) is 0 Å². The molecule has 2 nitrogen and oxygen atoms in total. The van der Waals surface area contributed by atoms with Crippen LogP contribution in [-0.4, -0.2) is 37.3 Å². The second-order valence-corrected chi connectivity index (χ2v) is 5.75. The van der Waals surface area contributed by atoms with Crippen LogP contribution in [0, 0.1) is 0 Å². The number of hydrogen-bond donors (Lipinski definition) is 1. The van der Waals surface area contributed by atoms with Crippen molar-refractivity contribution in [3.8, 4) is 0 Å². The Morgan fingerprint density at radius 1 is 1.29 bits per heavy atom. The van der Waals surface area contributed by atoms with E-state index in [1.54, 1.807) is 7.05 Å². The Balaban J connectivity index is 2.07. The van der Waals surface area contributed by atoms with Crippen LogP contribution in [0.25, 0.3) is 0 Å². The van der Waals surface area contributed by atoms with Gasteiger partial charge in [-0.3, -0.25) is 0 Å². The van der Waals surface area contributed by atoms with E-state index in [1.165, 1.54) is 11.1 Å². The number of alkyl halides is 3. The highest BCUT2D eigenvalue weighted by Crippen LogP contribution is 2.34. The monoisotopic (exact) mass is 300 g/mol. The SMILES string of the molecule is CCCNC1c2ccccc2CC1N(C)CCC(F)(F)F. The van der Waals surface area contributed by atoms with E-state index in [0.29, 0.717) is 0 Å². The van der Waals surface area contributed by atoms with Gasteiger partial charge in [0.15, 0.2) is 0 Å². The van der Waals surface area contributed by atoms with Gasteiger partial charge < -0.3 is 10.2 Å². The minimum atomic E-state index is -4.09. The first-order chi connectivity index (χ1) is 9.92. The number of nitrogens with zero attached hydrogens (tertiary/aromatic N) is 1. The predicted molar refractivity (Wildman–Crippen MR) is 78.3 cm³/mol. The fourth-order valence-electron chi connectivity index (χ4n) is 3.00. The predicted octanol–water partition coefficient (Wildman–Crippen LogP) is 3.54. The molecule has 2 unspecified atom stereocenters. The Morgan fingerprint density at radius 2 is 2.00 bits per heavy atom. The van der Waals surface area contributed by atoms with E-state index in [2.05, 4.69) is 24.4 Å². The quantitative estimate of drug-likeness (QED) is 0.864. The summed E-state index contributed by atoms with van der Waals surface area (Å²) in [6, 6.07) is 8.37. The zero-order chi connectivity index (χ0) is 15.5. The summed E-state index contributed by atoms with van der Waals surface area (Å²) in [6.07, 6.45) is -3.02. The summed E-state index contributed by atoms with van der Waals surface area (Å²) in [7, 11) is 1.79. The number of nitrogens with one attached hydrogen (secondary N) is 1. The molecule has 118 valence electrons. The van der Waals surface area contributed by atoms with Gasteiger partial charge in [-0.15, -0.1) is 0 Å². The second kappa shape index (κ2) is 6.79. The number of halogens is 3. The molecule has 0 spiro atoms. The van der Waals surface area contributed by atoms with Gasteiger partial charge in [0.2, 0.25) is 0 Å². The summed E-state index contributed by atoms with van der Waals surface area (Å²) in [5.74, 6) is 0. The summed E-state index contributed by atoms with van der Waals surface area (Å²) in [4.78, 5) is 1.85. The molecule has 5 heteroatoms. The number of hydrogen-bond acceptors (Lipinski definition) is 2. The molecule has 0 amide bonds. The van der Waals surface area contributed by atoms with E-state index in [1.807, 2.05) is 17.0 Å². The van der Waals surface area contributed by atoms with Crippen LogP contribution in [-0.2, 0) is 6.42 Å². The third-order valence-electron chi connectivity index (χ3n) is 4.13. The first-order valence-electron chi connectivity index (χ1n) is 7.50. The standard InChI is InChI=1S/C16H23F3N2/c1-3-9-20-15-13-7-5-4-6-12(13)11-14(15)21(2)10-8-16(17,18)19/h4-7,14-15,20H,3,8-11H2,1-2H3. The van der Waals surface area contributed by atoms with Crippen molar-refractivity contribution in [3.63, 3.8) is 0 Å². The van der Waals surface area contributed by atoms with Crippen molar-refractivity contribution in [2.45, 2.75) is 44.4 Å². The maximum Gasteiger partial charge on any atom is 0.390 e. The average molecular weight is 300 g/mol. The summed E-state index contributed by atoms with van der Waals surface area (Å²) in [5, 5.41) is 3.49. The van der Waals surface area contributed by atoms with Crippen LogP contribution in [0.1, 0.15) is 36.9 Å². The summed E-state index contributed by atoms with van der Waals surface area (Å²) < 4.78 is 37.3. The van der Waals surface area contributed by atoms with Crippen LogP contribution in [0.4, 0.5) is 13.2 Å². The highest BCUT2D eigenvalue weighted by Gasteiger charge is 2.36. The van der Waals surface area contributed by atoms with Gasteiger partial charge in [-0.05, 0) is 37.6 Å². The topological polar surface area (TPSA) is 15.3 Å². The largest absolute Gasteiger partial charge is 0.390 e. The van der Waals surface area contributed by atoms with E-state index in [-0.39, 0.29) is 18.6 Å². The van der Waals surface area contributed by atoms with E-state index < -0.39 is 12.6 Å². The van der Waals surface area contributed by atoms with Crippen molar-refractivity contribution >= 4 is 0 Å². The lowest BCUT2D eigenvalue weighted by Gasteiger charge is -2.31. The molecule has 0 saturated heterocycles. The smallest absolute Gasteiger partial charge is 0.309 e. The summed E-state index contributed by atoms with van der Waals surface area (Å²) in [5.41, 5.74) is 2.48. The Kier molecular flexibility index (Phi) is 5.27. The third-order valence-corrected chi connectivity index (χ3v) is 4.13. The summed E-state index contributed by atoms with van der Waals surface area (Å²) in [6.45, 7) is 3.02. The number of likely N-dealkylation sites (N-methyl/N-ethyl adjacent to an activating group) is 1. The fraction of sp³-hybridized carbons (Fsp3) is 0.625. The van der Waals surface area contributed by atoms with Crippen LogP contribution >= 0.6 is 0 Å². The highest BCUT2D eigenvalue weighted by molar-refractivity contribution is 5.37. The molecule has 21 heavy (non-hydrogen) atoms. The van der Waals surface area contributed by atoms with Gasteiger partial charge in [-0.2, -0.15) is 13.2 Å². The third kappa shape index (κ3) is 4.20. The maximum absolute atomic E-state index is 12.4. The molecule has 1 aliphatic rings. The first-order valence-corrected chi connectivity index (χ1v) is 7.50. The number of benzene rings is 1. The Bertz CT molecular complexity index is 459. The Hall–Kier alpha value is -1.07. The van der Waals surface area contributed by atoms with E-state index in [0.717, 1.165) is 19.4 Å². The molecule has 0 aromatic heterocycles. The molecule has 1 aromatic rings. The molecular formula is C16H23F3N2. The van der Waals surface area contributed by atoms with Crippen molar-refractivity contribution in [3.05, 3.63) is 35.4 Å². The van der Waals surface area contributed by atoms with Crippen molar-refractivity contribution in [2.75, 3.05) is 20.1 Å². The molecule has 0 heterocycles. The van der Waals surface area contributed by atoms with Crippen LogP contribution in [0.2, 0.25) is 0 Å². The molecule has 0 bridgehead atoms. The normalized spacial score (nSPS) is 21.8. The lowest BCUT2D eigenvalue weighted by Crippen LogP contribution is -2.42. The van der Waals surface area contributed by atoms with Gasteiger partial charge in [0.25, 0.3) is 0 Å². The zero-order valence-corrected chi connectivity index (χ0v) is 12.6. The van der Waals surface area contributed by atoms with Crippen molar-refractivity contribution < 1.29 is 13.2 Å². The summed E-state index contributed by atoms with van der Waals surface area (Å²) >= 11 is 0. The van der Waals surface area contributed by atoms with Gasteiger partial charge in [-0.25, -0.2) is 0 Å². The Morgan fingerprint density at radius 3 is 2.67 bits per heavy atom. The number of fused-ring (bicyclic) bond motifs is 1. The minimum Gasteiger partial charge on any atom is -0.309 e. The first kappa shape index (κ1) is 16.3. The van der Waals surface area contributed by atoms with Gasteiger partial charge in [0.05, 0.1) is 6.42 Å². The van der Waals surface area contributed by atoms with Crippen LogP contribution in [0.15, 0.2) is 24.3 Å². The van der Waals surface area contributed by atoms with Gasteiger partial charge in [-0.1, -0.05) is 31.2 Å². The van der Waals surface area contributed by atoms with Crippen molar-refractivity contribution in [1.29, 1.82) is 0 Å². The Labute approximate surface area is 124 Å².